The van der Waals surface area contributed by atoms with Gasteiger partial charge in [0.05, 0.1) is 12.2 Å². The molecule has 6 nitrogen and oxygen atoms in total. The molecule has 2 amide bonds. The highest BCUT2D eigenvalue weighted by atomic mass is 35.5. The number of ether oxygens (including phenoxy) is 2. The zero-order valence-corrected chi connectivity index (χ0v) is 15.4. The van der Waals surface area contributed by atoms with Crippen LogP contribution in [0.15, 0.2) is 48.5 Å². The highest BCUT2D eigenvalue weighted by molar-refractivity contribution is 6.30. The monoisotopic (exact) mass is 376 g/mol. The van der Waals surface area contributed by atoms with Crippen molar-refractivity contribution in [3.05, 3.63) is 59.1 Å². The first kappa shape index (κ1) is 19.6. The van der Waals surface area contributed by atoms with Crippen molar-refractivity contribution in [1.29, 1.82) is 0 Å². The first-order valence-corrected chi connectivity index (χ1v) is 8.63. The van der Waals surface area contributed by atoms with Gasteiger partial charge in [0.15, 0.2) is 6.10 Å². The van der Waals surface area contributed by atoms with Gasteiger partial charge < -0.3 is 9.47 Å². The number of amides is 2. The van der Waals surface area contributed by atoms with E-state index in [1.807, 2.05) is 6.92 Å². The Morgan fingerprint density at radius 1 is 1.08 bits per heavy atom. The third-order valence-corrected chi connectivity index (χ3v) is 3.64. The number of carbonyl (C=O) groups is 2. The predicted molar refractivity (Wildman–Crippen MR) is 99.4 cm³/mol. The van der Waals surface area contributed by atoms with Crippen LogP contribution in [0.1, 0.15) is 30.6 Å². The van der Waals surface area contributed by atoms with Gasteiger partial charge in [-0.1, -0.05) is 30.7 Å². The number of carbonyl (C=O) groups excluding carboxylic acids is 2. The van der Waals surface area contributed by atoms with Gasteiger partial charge in [-0.15, -0.1) is 0 Å². The van der Waals surface area contributed by atoms with Gasteiger partial charge in [0, 0.05) is 5.02 Å². The smallest absolute Gasteiger partial charge is 0.279 e. The van der Waals surface area contributed by atoms with Crippen LogP contribution in [0.5, 0.6) is 11.5 Å². The van der Waals surface area contributed by atoms with E-state index in [2.05, 4.69) is 10.9 Å². The van der Waals surface area contributed by atoms with E-state index < -0.39 is 17.9 Å². The molecule has 0 aliphatic carbocycles. The standard InChI is InChI=1S/C19H21ClN2O4/c1-3-12-25-17-7-5-4-6-16(17)19(24)22-21-18(23)13(2)26-15-10-8-14(20)9-11-15/h4-11,13H,3,12H2,1-2H3,(H,21,23)(H,22,24). The first-order valence-electron chi connectivity index (χ1n) is 8.25. The lowest BCUT2D eigenvalue weighted by Crippen LogP contribution is -2.47. The zero-order chi connectivity index (χ0) is 18.9. The number of benzene rings is 2. The third kappa shape index (κ3) is 5.67. The lowest BCUT2D eigenvalue weighted by molar-refractivity contribution is -0.128. The molecule has 0 heterocycles. The Morgan fingerprint density at radius 3 is 2.46 bits per heavy atom. The average Bonchev–Trinajstić information content (AvgIpc) is 2.66. The quantitative estimate of drug-likeness (QED) is 0.726. The maximum Gasteiger partial charge on any atom is 0.279 e. The number of halogens is 1. The van der Waals surface area contributed by atoms with Crippen molar-refractivity contribution >= 4 is 23.4 Å². The van der Waals surface area contributed by atoms with Crippen LogP contribution in [0.2, 0.25) is 5.02 Å². The second-order valence-corrected chi connectivity index (χ2v) is 5.94. The average molecular weight is 377 g/mol. The van der Waals surface area contributed by atoms with Crippen molar-refractivity contribution in [3.63, 3.8) is 0 Å². The van der Waals surface area contributed by atoms with E-state index in [0.717, 1.165) is 6.42 Å². The minimum atomic E-state index is -0.803. The van der Waals surface area contributed by atoms with Crippen molar-refractivity contribution in [1.82, 2.24) is 10.9 Å². The number of nitrogens with one attached hydrogen (secondary N) is 2. The predicted octanol–water partition coefficient (Wildman–Crippen LogP) is 3.36. The number of hydrazine groups is 1. The fraction of sp³-hybridized carbons (Fsp3) is 0.263. The summed E-state index contributed by atoms with van der Waals surface area (Å²) in [7, 11) is 0. The van der Waals surface area contributed by atoms with E-state index in [1.54, 1.807) is 55.5 Å². The fourth-order valence-corrected chi connectivity index (χ4v) is 2.18. The summed E-state index contributed by atoms with van der Waals surface area (Å²) in [4.78, 5) is 24.4. The van der Waals surface area contributed by atoms with Crippen molar-refractivity contribution < 1.29 is 19.1 Å². The number of para-hydroxylation sites is 1. The number of hydrogen-bond donors (Lipinski definition) is 2. The van der Waals surface area contributed by atoms with Crippen molar-refractivity contribution in [2.75, 3.05) is 6.61 Å². The second-order valence-electron chi connectivity index (χ2n) is 5.50. The largest absolute Gasteiger partial charge is 0.493 e. The van der Waals surface area contributed by atoms with Crippen LogP contribution >= 0.6 is 11.6 Å². The second kappa shape index (κ2) is 9.68. The van der Waals surface area contributed by atoms with Crippen LogP contribution in [0.25, 0.3) is 0 Å². The Morgan fingerprint density at radius 2 is 1.77 bits per heavy atom. The zero-order valence-electron chi connectivity index (χ0n) is 14.6. The van der Waals surface area contributed by atoms with Crippen LogP contribution in [-0.2, 0) is 4.79 Å². The molecule has 0 radical (unpaired) electrons. The molecule has 2 rings (SSSR count). The Kier molecular flexibility index (Phi) is 7.29. The molecule has 138 valence electrons. The number of hydrogen-bond acceptors (Lipinski definition) is 4. The molecule has 0 fully saturated rings. The summed E-state index contributed by atoms with van der Waals surface area (Å²) in [5.74, 6) is 0.0113. The highest BCUT2D eigenvalue weighted by Gasteiger charge is 2.17. The molecular weight excluding hydrogens is 356 g/mol. The summed E-state index contributed by atoms with van der Waals surface area (Å²) in [5, 5.41) is 0.575. The normalized spacial score (nSPS) is 11.3. The molecule has 0 aromatic heterocycles. The molecule has 0 saturated heterocycles. The van der Waals surface area contributed by atoms with Crippen LogP contribution in [0.3, 0.4) is 0 Å². The van der Waals surface area contributed by atoms with E-state index in [1.165, 1.54) is 0 Å². The van der Waals surface area contributed by atoms with Gasteiger partial charge >= 0.3 is 0 Å². The van der Waals surface area contributed by atoms with E-state index in [0.29, 0.717) is 28.7 Å². The molecule has 2 N–H and O–H groups in total. The molecule has 2 aromatic rings. The van der Waals surface area contributed by atoms with Crippen molar-refractivity contribution in [2.45, 2.75) is 26.4 Å². The van der Waals surface area contributed by atoms with Gasteiger partial charge in [0.1, 0.15) is 11.5 Å². The van der Waals surface area contributed by atoms with Crippen molar-refractivity contribution in [3.8, 4) is 11.5 Å². The highest BCUT2D eigenvalue weighted by Crippen LogP contribution is 2.18. The topological polar surface area (TPSA) is 76.7 Å². The van der Waals surface area contributed by atoms with Gasteiger partial charge in [0.2, 0.25) is 0 Å². The first-order chi connectivity index (χ1) is 12.5. The molecule has 0 aliphatic heterocycles. The lowest BCUT2D eigenvalue weighted by Gasteiger charge is -2.16. The maximum atomic E-state index is 12.3. The van der Waals surface area contributed by atoms with Gasteiger partial charge in [-0.2, -0.15) is 0 Å². The summed E-state index contributed by atoms with van der Waals surface area (Å²) in [6.45, 7) is 4.06. The summed E-state index contributed by atoms with van der Waals surface area (Å²) in [6, 6.07) is 13.5. The summed E-state index contributed by atoms with van der Waals surface area (Å²) < 4.78 is 11.0. The van der Waals surface area contributed by atoms with Gasteiger partial charge in [0.25, 0.3) is 11.8 Å². The minimum absolute atomic E-state index is 0.340. The van der Waals surface area contributed by atoms with E-state index in [9.17, 15) is 9.59 Å². The van der Waals surface area contributed by atoms with Crippen LogP contribution in [-0.4, -0.2) is 24.5 Å². The van der Waals surface area contributed by atoms with E-state index in [-0.39, 0.29) is 0 Å². The molecule has 0 bridgehead atoms. The Labute approximate surface area is 157 Å². The van der Waals surface area contributed by atoms with E-state index >= 15 is 0 Å². The van der Waals surface area contributed by atoms with E-state index in [4.69, 9.17) is 21.1 Å². The van der Waals surface area contributed by atoms with Gasteiger partial charge in [-0.3, -0.25) is 20.4 Å². The molecule has 0 spiro atoms. The minimum Gasteiger partial charge on any atom is -0.493 e. The Balaban J connectivity index is 1.90. The van der Waals surface area contributed by atoms with Crippen LogP contribution in [0, 0.1) is 0 Å². The Bertz CT molecular complexity index is 749. The molecule has 7 heteroatoms. The van der Waals surface area contributed by atoms with Crippen LogP contribution < -0.4 is 20.3 Å². The molecule has 26 heavy (non-hydrogen) atoms. The van der Waals surface area contributed by atoms with Crippen molar-refractivity contribution in [2.24, 2.45) is 0 Å². The van der Waals surface area contributed by atoms with Crippen LogP contribution in [0.4, 0.5) is 0 Å². The SMILES string of the molecule is CCCOc1ccccc1C(=O)NNC(=O)C(C)Oc1ccc(Cl)cc1. The summed E-state index contributed by atoms with van der Waals surface area (Å²) >= 11 is 5.81. The molecule has 0 aliphatic rings. The maximum absolute atomic E-state index is 12.3. The third-order valence-electron chi connectivity index (χ3n) is 3.39. The molecule has 0 saturated carbocycles. The number of rotatable bonds is 7. The Hall–Kier alpha value is -2.73. The summed E-state index contributed by atoms with van der Waals surface area (Å²) in [6.07, 6.45) is 0.0229. The van der Waals surface area contributed by atoms with Gasteiger partial charge in [-0.25, -0.2) is 0 Å². The molecular formula is C19H21ClN2O4. The fourth-order valence-electron chi connectivity index (χ4n) is 2.05. The lowest BCUT2D eigenvalue weighted by atomic mass is 10.2. The molecule has 1 atom stereocenters. The molecule has 2 aromatic carbocycles. The van der Waals surface area contributed by atoms with Gasteiger partial charge in [-0.05, 0) is 49.7 Å². The molecule has 1 unspecified atom stereocenters. The summed E-state index contributed by atoms with van der Waals surface area (Å²) in [5.41, 5.74) is 5.06.